The normalized spacial score (nSPS) is 27.5. The van der Waals surface area contributed by atoms with E-state index >= 15 is 0 Å². The molecule has 2 aromatic heterocycles. The van der Waals surface area contributed by atoms with Gasteiger partial charge < -0.3 is 33.6 Å². The molecule has 368 valence electrons. The third-order valence-electron chi connectivity index (χ3n) is 14.1. The van der Waals surface area contributed by atoms with Crippen LogP contribution < -0.4 is 5.73 Å². The molecule has 0 radical (unpaired) electrons. The average molecular weight is 957 g/mol. The summed E-state index contributed by atoms with van der Waals surface area (Å²) >= 11 is 0. The molecular weight excluding hydrogens is 885 g/mol. The maximum absolute atomic E-state index is 12.4. The van der Waals surface area contributed by atoms with Crippen LogP contribution in [0.25, 0.3) is 0 Å². The average Bonchev–Trinajstić information content (AvgIpc) is 4.03. The zero-order valence-corrected chi connectivity index (χ0v) is 40.4. The van der Waals surface area contributed by atoms with Crippen molar-refractivity contribution >= 4 is 32.9 Å². The van der Waals surface area contributed by atoms with Gasteiger partial charge in [-0.2, -0.15) is 22.8 Å². The zero-order chi connectivity index (χ0) is 47.1. The lowest BCUT2D eigenvalue weighted by molar-refractivity contribution is -0.929. The van der Waals surface area contributed by atoms with Gasteiger partial charge in [-0.15, -0.1) is 4.28 Å². The molecule has 2 aliphatic carbocycles. The first kappa shape index (κ1) is 51.0. The van der Waals surface area contributed by atoms with Crippen molar-refractivity contribution in [2.45, 2.75) is 179 Å². The Morgan fingerprint density at radius 1 is 0.708 bits per heavy atom. The molecule has 65 heavy (non-hydrogen) atoms. The summed E-state index contributed by atoms with van der Waals surface area (Å²) in [5.74, 6) is 2.96. The number of hydrogen-bond acceptors (Lipinski definition) is 14. The van der Waals surface area contributed by atoms with E-state index in [1.807, 2.05) is 12.1 Å². The molecule has 4 saturated heterocycles. The summed E-state index contributed by atoms with van der Waals surface area (Å²) in [6.45, 7) is 17.8. The molecule has 20 nitrogen and oxygen atoms in total. The van der Waals surface area contributed by atoms with E-state index in [9.17, 15) is 31.0 Å². The second-order valence-electron chi connectivity index (χ2n) is 19.2. The van der Waals surface area contributed by atoms with Crippen LogP contribution in [0, 0.1) is 5.92 Å². The number of nitrogens with zero attached hydrogens (tertiary/aromatic N) is 7. The first-order valence-corrected chi connectivity index (χ1v) is 26.6. The predicted octanol–water partition coefficient (Wildman–Crippen LogP) is 7.08. The van der Waals surface area contributed by atoms with Crippen molar-refractivity contribution in [1.82, 2.24) is 30.2 Å². The van der Waals surface area contributed by atoms with E-state index in [1.165, 1.54) is 91.8 Å². The minimum absolute atomic E-state index is 0.199. The molecule has 3 N–H and O–H groups in total. The monoisotopic (exact) mass is 956 g/mol. The van der Waals surface area contributed by atoms with Crippen LogP contribution in [-0.4, -0.2) is 130 Å². The fourth-order valence-corrected chi connectivity index (χ4v) is 11.0. The summed E-state index contributed by atoms with van der Waals surface area (Å²) in [4.78, 5) is 27.7. The summed E-state index contributed by atoms with van der Waals surface area (Å²) in [5, 5.41) is 9.59. The molecule has 4 atom stereocenters. The van der Waals surface area contributed by atoms with Crippen molar-refractivity contribution in [3.63, 3.8) is 0 Å². The molecule has 22 heteroatoms. The fraction of sp³-hybridized carbons (Fsp3) is 0.814. The van der Waals surface area contributed by atoms with E-state index in [0.717, 1.165) is 42.3 Å². The predicted molar refractivity (Wildman–Crippen MR) is 236 cm³/mol. The Morgan fingerprint density at radius 3 is 1.46 bits per heavy atom. The molecule has 0 unspecified atom stereocenters. The van der Waals surface area contributed by atoms with Crippen molar-refractivity contribution in [2.75, 3.05) is 39.3 Å². The molecule has 2 aromatic rings. The van der Waals surface area contributed by atoms with Gasteiger partial charge in [-0.1, -0.05) is 70.6 Å². The molecule has 6 aliphatic rings. The van der Waals surface area contributed by atoms with Crippen LogP contribution in [0.15, 0.2) is 21.2 Å². The number of rotatable bonds is 20. The minimum Gasteiger partial charge on any atom is -0.724 e. The molecule has 4 bridgehead atoms. The SMILES string of the molecule is CC1CC(c2cc([C@@H]3CC[C@@H]4CN3C(=O)N4OS(=O)(=O)[O-])no2)C1.CCCC[N+](CCCC)(CCCC)CCCC.NC1CC(c2cc([C@@H]3CC[C@@H]4CN3C(=O)N4OS(=O)(=O)O)no2)C1. The smallest absolute Gasteiger partial charge is 0.418 e. The number of unbranched alkanes of at least 4 members (excludes halogenated alkanes) is 4. The number of carbonyl (C=O) groups is 2. The van der Waals surface area contributed by atoms with Crippen LogP contribution in [-0.2, 0) is 29.4 Å². The van der Waals surface area contributed by atoms with Gasteiger partial charge in [-0.3, -0.25) is 4.55 Å². The second kappa shape index (κ2) is 22.2. The Bertz CT molecular complexity index is 1930. The molecular formula is C43H72N8O12S2. The van der Waals surface area contributed by atoms with Crippen molar-refractivity contribution < 1.29 is 57.6 Å². The van der Waals surface area contributed by atoms with E-state index in [4.69, 9.17) is 19.3 Å². The molecule has 0 spiro atoms. The Balaban J connectivity index is 0.000000165. The molecule has 4 amide bonds. The van der Waals surface area contributed by atoms with Gasteiger partial charge >= 0.3 is 22.5 Å². The molecule has 8 rings (SSSR count). The van der Waals surface area contributed by atoms with Crippen LogP contribution in [0.4, 0.5) is 9.59 Å². The summed E-state index contributed by atoms with van der Waals surface area (Å²) in [6.07, 6.45) is 17.2. The van der Waals surface area contributed by atoms with Crippen molar-refractivity contribution in [3.05, 3.63) is 35.0 Å². The van der Waals surface area contributed by atoms with Gasteiger partial charge in [0, 0.05) is 43.1 Å². The first-order valence-electron chi connectivity index (χ1n) is 23.9. The quantitative estimate of drug-likeness (QED) is 0.0764. The molecule has 6 fully saturated rings. The van der Waals surface area contributed by atoms with Gasteiger partial charge in [0.1, 0.15) is 22.9 Å². The number of quaternary nitrogens is 1. The van der Waals surface area contributed by atoms with Crippen LogP contribution in [0.1, 0.15) is 184 Å². The summed E-state index contributed by atoms with van der Waals surface area (Å²) in [5.41, 5.74) is 7.10. The maximum Gasteiger partial charge on any atom is 0.418 e. The minimum atomic E-state index is -4.98. The zero-order valence-electron chi connectivity index (χ0n) is 38.8. The highest BCUT2D eigenvalue weighted by Gasteiger charge is 2.50. The standard InChI is InChI=1S/C16H36N.C14H19N3O6S.C13H18N4O6S/c1-5-9-13-17(14-10-6-2,15-11-7-3)16-12-8-4;1-8-4-9(5-8)13-6-11(15-22-13)12-3-2-10-7-16(12)14(18)17(10)23-24(19,20)21;14-8-3-7(4-8)12-5-10(15-22-12)11-2-1-9-6-16(11)13(18)17(9)23-24(19,20)21/h5-16H2,1-4H3;6,8-10,12H,2-5,7H2,1H3,(H,19,20,21);5,7-9,11H,1-4,6,14H2,(H,19,20,21)/q+1;;/p-1/t;8?,9?,10-,12+;7?,8?,9-,11+/m.11/s1. The lowest BCUT2D eigenvalue weighted by Gasteiger charge is -2.39. The Hall–Kier alpha value is -3.38. The van der Waals surface area contributed by atoms with Crippen LogP contribution in [0.5, 0.6) is 0 Å². The van der Waals surface area contributed by atoms with Gasteiger partial charge in [-0.05, 0) is 83.0 Å². The summed E-state index contributed by atoms with van der Waals surface area (Å²) in [7, 11) is -9.71. The highest BCUT2D eigenvalue weighted by molar-refractivity contribution is 7.81. The lowest BCUT2D eigenvalue weighted by Crippen LogP contribution is -2.50. The van der Waals surface area contributed by atoms with E-state index in [2.05, 4.69) is 53.5 Å². The number of carbonyl (C=O) groups excluding carboxylic acids is 2. The van der Waals surface area contributed by atoms with E-state index in [0.29, 0.717) is 67.1 Å². The number of nitrogens with two attached hydrogens (primary N) is 1. The lowest BCUT2D eigenvalue weighted by atomic mass is 9.75. The Kier molecular flexibility index (Phi) is 17.4. The van der Waals surface area contributed by atoms with Gasteiger partial charge in [0.25, 0.3) is 0 Å². The summed E-state index contributed by atoms with van der Waals surface area (Å²) < 4.78 is 84.0. The number of hydrogen-bond donors (Lipinski definition) is 2. The number of aromatic nitrogens is 2. The number of piperidine rings is 2. The van der Waals surface area contributed by atoms with Gasteiger partial charge in [0.05, 0.1) is 50.3 Å². The molecule has 6 heterocycles. The fourth-order valence-electron chi connectivity index (χ4n) is 10.3. The van der Waals surface area contributed by atoms with Crippen molar-refractivity contribution in [1.29, 1.82) is 0 Å². The summed E-state index contributed by atoms with van der Waals surface area (Å²) in [6, 6.07) is 1.29. The second-order valence-corrected chi connectivity index (χ2v) is 21.1. The van der Waals surface area contributed by atoms with Crippen LogP contribution in [0.3, 0.4) is 0 Å². The number of fused-ring (bicyclic) bond motifs is 4. The Labute approximate surface area is 384 Å². The first-order chi connectivity index (χ1) is 30.9. The number of urea groups is 2. The highest BCUT2D eigenvalue weighted by atomic mass is 32.3. The number of hydroxylamine groups is 4. The van der Waals surface area contributed by atoms with Crippen molar-refractivity contribution in [2.24, 2.45) is 11.7 Å². The van der Waals surface area contributed by atoms with E-state index in [-0.39, 0.29) is 24.0 Å². The third kappa shape index (κ3) is 13.0. The van der Waals surface area contributed by atoms with Gasteiger partial charge in [0.2, 0.25) is 10.4 Å². The number of amides is 4. The molecule has 0 aromatic carbocycles. The largest absolute Gasteiger partial charge is 0.724 e. The van der Waals surface area contributed by atoms with Gasteiger partial charge in [-0.25, -0.2) is 18.0 Å². The van der Waals surface area contributed by atoms with E-state index in [1.54, 1.807) is 0 Å². The van der Waals surface area contributed by atoms with Crippen LogP contribution in [0.2, 0.25) is 0 Å². The topological polar surface area (TPSA) is 255 Å². The van der Waals surface area contributed by atoms with Gasteiger partial charge in [0.15, 0.2) is 0 Å². The van der Waals surface area contributed by atoms with Crippen LogP contribution >= 0.6 is 0 Å². The molecule has 2 saturated carbocycles. The maximum atomic E-state index is 12.4. The third-order valence-corrected chi connectivity index (χ3v) is 14.8. The Morgan fingerprint density at radius 2 is 1.11 bits per heavy atom. The highest BCUT2D eigenvalue weighted by Crippen LogP contribution is 2.44. The van der Waals surface area contributed by atoms with E-state index < -0.39 is 44.9 Å². The van der Waals surface area contributed by atoms with Crippen molar-refractivity contribution in [3.8, 4) is 0 Å². The molecule has 4 aliphatic heterocycles.